The predicted octanol–water partition coefficient (Wildman–Crippen LogP) is 3.87. The molecule has 20 heavy (non-hydrogen) atoms. The first-order chi connectivity index (χ1) is 9.65. The van der Waals surface area contributed by atoms with Crippen LogP contribution in [-0.4, -0.2) is 30.1 Å². The Kier molecular flexibility index (Phi) is 4.43. The molecule has 0 aromatic heterocycles. The van der Waals surface area contributed by atoms with Gasteiger partial charge in [-0.1, -0.05) is 12.5 Å². The maximum Gasteiger partial charge on any atom is 0.137 e. The van der Waals surface area contributed by atoms with Crippen molar-refractivity contribution >= 4 is 15.9 Å². The number of piperidine rings is 1. The van der Waals surface area contributed by atoms with Gasteiger partial charge in [0, 0.05) is 24.7 Å². The number of fused-ring (bicyclic) bond motifs is 1. The molecule has 110 valence electrons. The first-order valence-corrected chi connectivity index (χ1v) is 8.39. The highest BCUT2D eigenvalue weighted by molar-refractivity contribution is 9.10. The highest BCUT2D eigenvalue weighted by atomic mass is 79.9. The lowest BCUT2D eigenvalue weighted by Crippen LogP contribution is -2.45. The van der Waals surface area contributed by atoms with Gasteiger partial charge in [0.15, 0.2) is 0 Å². The van der Waals surface area contributed by atoms with E-state index in [0.717, 1.165) is 5.56 Å². The molecule has 1 aromatic rings. The van der Waals surface area contributed by atoms with Crippen molar-refractivity contribution in [2.45, 2.75) is 50.7 Å². The summed E-state index contributed by atoms with van der Waals surface area (Å²) in [5.41, 5.74) is 1.15. The molecule has 3 rings (SSSR count). The highest BCUT2D eigenvalue weighted by Gasteiger charge is 2.35. The van der Waals surface area contributed by atoms with Gasteiger partial charge in [-0.2, -0.15) is 0 Å². The van der Waals surface area contributed by atoms with Gasteiger partial charge in [-0.15, -0.1) is 0 Å². The number of benzene rings is 1. The molecule has 2 fully saturated rings. The lowest BCUT2D eigenvalue weighted by molar-refractivity contribution is 0.177. The molecule has 3 unspecified atom stereocenters. The van der Waals surface area contributed by atoms with Gasteiger partial charge < -0.3 is 5.32 Å². The molecule has 0 spiro atoms. The zero-order valence-electron chi connectivity index (χ0n) is 11.9. The Hall–Kier alpha value is -0.450. The van der Waals surface area contributed by atoms with Gasteiger partial charge in [0.05, 0.1) is 4.47 Å². The minimum Gasteiger partial charge on any atom is -0.306 e. The normalized spacial score (nSPS) is 28.4. The molecule has 0 amide bonds. The standard InChI is InChI=1S/C16H22BrFN2/c1-11(12-5-6-14(18)13(17)10-12)19-15-7-9-20-8-3-2-4-16(15)20/h5-6,10-11,15-16,19H,2-4,7-9H2,1H3. The quantitative estimate of drug-likeness (QED) is 0.898. The van der Waals surface area contributed by atoms with Crippen LogP contribution in [0.5, 0.6) is 0 Å². The minimum atomic E-state index is -0.194. The van der Waals surface area contributed by atoms with Crippen LogP contribution in [0.1, 0.15) is 44.2 Å². The van der Waals surface area contributed by atoms with E-state index in [4.69, 9.17) is 0 Å². The van der Waals surface area contributed by atoms with Gasteiger partial charge in [-0.05, 0) is 66.4 Å². The van der Waals surface area contributed by atoms with Crippen molar-refractivity contribution in [3.05, 3.63) is 34.1 Å². The molecule has 2 aliphatic rings. The van der Waals surface area contributed by atoms with Gasteiger partial charge in [-0.3, -0.25) is 4.90 Å². The first kappa shape index (κ1) is 14.5. The number of halogens is 2. The molecular weight excluding hydrogens is 319 g/mol. The number of nitrogens with zero attached hydrogens (tertiary/aromatic N) is 1. The Bertz CT molecular complexity index is 480. The third-order valence-corrected chi connectivity index (χ3v) is 5.37. The van der Waals surface area contributed by atoms with Crippen molar-refractivity contribution in [1.82, 2.24) is 10.2 Å². The molecule has 2 nitrogen and oxygen atoms in total. The van der Waals surface area contributed by atoms with Gasteiger partial charge in [0.1, 0.15) is 5.82 Å². The molecule has 4 heteroatoms. The number of nitrogens with one attached hydrogen (secondary N) is 1. The van der Waals surface area contributed by atoms with E-state index in [1.165, 1.54) is 38.8 Å². The molecular formula is C16H22BrFN2. The van der Waals surface area contributed by atoms with Crippen LogP contribution >= 0.6 is 15.9 Å². The summed E-state index contributed by atoms with van der Waals surface area (Å²) in [6, 6.07) is 6.86. The van der Waals surface area contributed by atoms with Crippen molar-refractivity contribution < 1.29 is 4.39 Å². The summed E-state index contributed by atoms with van der Waals surface area (Å²) < 4.78 is 13.9. The summed E-state index contributed by atoms with van der Waals surface area (Å²) in [5.74, 6) is -0.194. The van der Waals surface area contributed by atoms with Crippen molar-refractivity contribution in [1.29, 1.82) is 0 Å². The second kappa shape index (κ2) is 6.12. The summed E-state index contributed by atoms with van der Waals surface area (Å²) in [6.07, 6.45) is 5.26. The number of hydrogen-bond acceptors (Lipinski definition) is 2. The molecule has 1 N–H and O–H groups in total. The molecule has 0 radical (unpaired) electrons. The Morgan fingerprint density at radius 2 is 2.15 bits per heavy atom. The molecule has 0 aliphatic carbocycles. The molecule has 3 atom stereocenters. The molecule has 2 aliphatic heterocycles. The van der Waals surface area contributed by atoms with E-state index in [2.05, 4.69) is 33.1 Å². The fourth-order valence-electron chi connectivity index (χ4n) is 3.64. The predicted molar refractivity (Wildman–Crippen MR) is 83.3 cm³/mol. The lowest BCUT2D eigenvalue weighted by Gasteiger charge is -2.34. The zero-order chi connectivity index (χ0) is 14.1. The van der Waals surface area contributed by atoms with E-state index in [9.17, 15) is 4.39 Å². The second-order valence-electron chi connectivity index (χ2n) is 6.06. The van der Waals surface area contributed by atoms with Crippen LogP contribution < -0.4 is 5.32 Å². The summed E-state index contributed by atoms with van der Waals surface area (Å²) in [7, 11) is 0. The fourth-order valence-corrected chi connectivity index (χ4v) is 4.04. The van der Waals surface area contributed by atoms with E-state index in [-0.39, 0.29) is 11.9 Å². The number of hydrogen-bond donors (Lipinski definition) is 1. The van der Waals surface area contributed by atoms with Crippen LogP contribution in [0.4, 0.5) is 4.39 Å². The van der Waals surface area contributed by atoms with Crippen molar-refractivity contribution in [3.63, 3.8) is 0 Å². The van der Waals surface area contributed by atoms with E-state index in [0.29, 0.717) is 16.6 Å². The van der Waals surface area contributed by atoms with Crippen molar-refractivity contribution in [3.8, 4) is 0 Å². The topological polar surface area (TPSA) is 15.3 Å². The second-order valence-corrected chi connectivity index (χ2v) is 6.91. The lowest BCUT2D eigenvalue weighted by atomic mass is 9.97. The van der Waals surface area contributed by atoms with Crippen molar-refractivity contribution in [2.24, 2.45) is 0 Å². The Balaban J connectivity index is 1.66. The van der Waals surface area contributed by atoms with Gasteiger partial charge in [0.2, 0.25) is 0 Å². The van der Waals surface area contributed by atoms with Gasteiger partial charge in [0.25, 0.3) is 0 Å². The monoisotopic (exact) mass is 340 g/mol. The largest absolute Gasteiger partial charge is 0.306 e. The van der Waals surface area contributed by atoms with Crippen LogP contribution in [0.3, 0.4) is 0 Å². The summed E-state index contributed by atoms with van der Waals surface area (Å²) >= 11 is 3.27. The molecule has 0 bridgehead atoms. The summed E-state index contributed by atoms with van der Waals surface area (Å²) in [5, 5.41) is 3.76. The van der Waals surface area contributed by atoms with Gasteiger partial charge >= 0.3 is 0 Å². The third kappa shape index (κ3) is 2.92. The van der Waals surface area contributed by atoms with Crippen LogP contribution in [0, 0.1) is 5.82 Å². The molecule has 2 saturated heterocycles. The number of rotatable bonds is 3. The average molecular weight is 341 g/mol. The molecule has 0 saturated carbocycles. The third-order valence-electron chi connectivity index (χ3n) is 4.76. The van der Waals surface area contributed by atoms with E-state index in [1.54, 1.807) is 6.07 Å². The van der Waals surface area contributed by atoms with Crippen LogP contribution in [0.25, 0.3) is 0 Å². The summed E-state index contributed by atoms with van der Waals surface area (Å²) in [6.45, 7) is 4.66. The van der Waals surface area contributed by atoms with Crippen LogP contribution in [0.15, 0.2) is 22.7 Å². The van der Waals surface area contributed by atoms with Crippen molar-refractivity contribution in [2.75, 3.05) is 13.1 Å². The smallest absolute Gasteiger partial charge is 0.137 e. The summed E-state index contributed by atoms with van der Waals surface area (Å²) in [4.78, 5) is 2.63. The molecule has 2 heterocycles. The van der Waals surface area contributed by atoms with Gasteiger partial charge in [-0.25, -0.2) is 4.39 Å². The van der Waals surface area contributed by atoms with E-state index >= 15 is 0 Å². The first-order valence-electron chi connectivity index (χ1n) is 7.60. The Morgan fingerprint density at radius 3 is 2.95 bits per heavy atom. The SMILES string of the molecule is CC(NC1CCN2CCCCC12)c1ccc(F)c(Br)c1. The van der Waals surface area contributed by atoms with Crippen LogP contribution in [-0.2, 0) is 0 Å². The Morgan fingerprint density at radius 1 is 1.30 bits per heavy atom. The maximum absolute atomic E-state index is 13.3. The fraction of sp³-hybridized carbons (Fsp3) is 0.625. The molecule has 1 aromatic carbocycles. The Labute approximate surface area is 128 Å². The van der Waals surface area contributed by atoms with E-state index < -0.39 is 0 Å². The highest BCUT2D eigenvalue weighted by Crippen LogP contribution is 2.29. The van der Waals surface area contributed by atoms with Crippen LogP contribution in [0.2, 0.25) is 0 Å². The zero-order valence-corrected chi connectivity index (χ0v) is 13.5. The maximum atomic E-state index is 13.3. The minimum absolute atomic E-state index is 0.194. The van der Waals surface area contributed by atoms with E-state index in [1.807, 2.05) is 12.1 Å². The average Bonchev–Trinajstić information content (AvgIpc) is 2.85.